The van der Waals surface area contributed by atoms with Crippen molar-refractivity contribution in [1.82, 2.24) is 0 Å². The summed E-state index contributed by atoms with van der Waals surface area (Å²) in [5.74, 6) is 0.106. The summed E-state index contributed by atoms with van der Waals surface area (Å²) in [6, 6.07) is 26.0. The number of nitro benzene ring substituents is 1. The molecule has 0 aliphatic carbocycles. The Balaban J connectivity index is 1.82. The number of hydrogen-bond donors (Lipinski definition) is 1. The normalized spacial score (nSPS) is 10.7. The van der Waals surface area contributed by atoms with Crippen molar-refractivity contribution in [1.29, 1.82) is 0 Å². The van der Waals surface area contributed by atoms with Crippen LogP contribution in [0.25, 0.3) is 16.1 Å². The van der Waals surface area contributed by atoms with Gasteiger partial charge in [0.1, 0.15) is 17.1 Å². The van der Waals surface area contributed by atoms with E-state index in [1.54, 1.807) is 16.7 Å². The molecule has 0 fully saturated rings. The number of hydrogen-bond acceptors (Lipinski definition) is 5. The van der Waals surface area contributed by atoms with Gasteiger partial charge >= 0.3 is 11.0 Å². The largest absolute Gasteiger partial charge is 0.476 e. The Morgan fingerprint density at radius 3 is 2.17 bits per heavy atom. The lowest BCUT2D eigenvalue weighted by molar-refractivity contribution is -0.585. The van der Waals surface area contributed by atoms with Gasteiger partial charge in [0.05, 0.1) is 12.0 Å². The van der Waals surface area contributed by atoms with Gasteiger partial charge in [-0.3, -0.25) is 15.0 Å². The monoisotopic (exact) mass is 418 g/mol. The Bertz CT molecular complexity index is 1160. The lowest BCUT2D eigenvalue weighted by Crippen LogP contribution is -2.36. The van der Waals surface area contributed by atoms with E-state index in [9.17, 15) is 15.2 Å². The Morgan fingerprint density at radius 1 is 0.967 bits per heavy atom. The van der Waals surface area contributed by atoms with Crippen molar-refractivity contribution in [2.45, 2.75) is 6.54 Å². The van der Waals surface area contributed by atoms with E-state index in [0.717, 1.165) is 21.1 Å². The summed E-state index contributed by atoms with van der Waals surface area (Å²) < 4.78 is 1.74. The molecule has 0 bridgehead atoms. The van der Waals surface area contributed by atoms with Crippen molar-refractivity contribution in [2.24, 2.45) is 0 Å². The van der Waals surface area contributed by atoms with Crippen LogP contribution in [0, 0.1) is 10.1 Å². The predicted octanol–water partition coefficient (Wildman–Crippen LogP) is 4.94. The molecule has 3 aromatic carbocycles. The third kappa shape index (κ3) is 3.88. The van der Waals surface area contributed by atoms with Crippen molar-refractivity contribution in [2.75, 3.05) is 11.9 Å². The zero-order valence-electron chi connectivity index (χ0n) is 16.3. The first-order chi connectivity index (χ1) is 14.5. The minimum atomic E-state index is -0.431. The zero-order chi connectivity index (χ0) is 21.1. The van der Waals surface area contributed by atoms with Gasteiger partial charge in [0.25, 0.3) is 5.69 Å². The fraction of sp³-hybridized carbons (Fsp3) is 0.0870. The molecule has 1 N–H and O–H groups in total. The fourth-order valence-corrected chi connectivity index (χ4v) is 4.40. The van der Waals surface area contributed by atoms with Gasteiger partial charge in [-0.2, -0.15) is 4.57 Å². The standard InChI is InChI=1S/C23H19N3O3S/c1-24(16-17-8-4-2-5-9-17)23-25(19-12-14-20(15-13-19)26(28)29)22(27)21(30-23)18-10-6-3-7-11-18/h2-15H,16H2,1H3/p+1. The summed E-state index contributed by atoms with van der Waals surface area (Å²) in [4.78, 5) is 13.4. The molecule has 0 unspecified atom stereocenters. The van der Waals surface area contributed by atoms with E-state index >= 15 is 0 Å². The second-order valence-corrected chi connectivity index (χ2v) is 7.83. The molecule has 30 heavy (non-hydrogen) atoms. The number of rotatable bonds is 6. The van der Waals surface area contributed by atoms with Crippen LogP contribution in [0.15, 0.2) is 84.9 Å². The highest BCUT2D eigenvalue weighted by Gasteiger charge is 2.29. The number of nitrogens with zero attached hydrogens (tertiary/aromatic N) is 3. The zero-order valence-corrected chi connectivity index (χ0v) is 17.1. The lowest BCUT2D eigenvalue weighted by Gasteiger charge is -2.12. The third-order valence-corrected chi connectivity index (χ3v) is 6.04. The first-order valence-electron chi connectivity index (χ1n) is 9.37. The van der Waals surface area contributed by atoms with Crippen LogP contribution in [-0.4, -0.2) is 17.1 Å². The maximum absolute atomic E-state index is 11.1. The minimum Gasteiger partial charge on any atom is -0.476 e. The van der Waals surface area contributed by atoms with Gasteiger partial charge in [-0.25, -0.2) is 0 Å². The van der Waals surface area contributed by atoms with Crippen LogP contribution in [-0.2, 0) is 6.54 Å². The van der Waals surface area contributed by atoms with Crippen molar-refractivity contribution in [3.05, 3.63) is 101 Å². The van der Waals surface area contributed by atoms with Gasteiger partial charge < -0.3 is 5.11 Å². The van der Waals surface area contributed by atoms with Crippen LogP contribution < -0.4 is 9.47 Å². The minimum absolute atomic E-state index is 0.0107. The number of non-ortho nitro benzene ring substituents is 1. The van der Waals surface area contributed by atoms with Crippen molar-refractivity contribution in [3.8, 4) is 22.0 Å². The second-order valence-electron chi connectivity index (χ2n) is 6.85. The first-order valence-corrected chi connectivity index (χ1v) is 10.2. The number of benzene rings is 3. The molecule has 4 aromatic rings. The maximum atomic E-state index is 11.1. The van der Waals surface area contributed by atoms with E-state index in [4.69, 9.17) is 0 Å². The molecule has 150 valence electrons. The van der Waals surface area contributed by atoms with E-state index < -0.39 is 4.92 Å². The Labute approximate surface area is 178 Å². The summed E-state index contributed by atoms with van der Waals surface area (Å²) in [5.41, 5.74) is 2.72. The topological polar surface area (TPSA) is 70.5 Å². The molecule has 0 spiro atoms. The summed E-state index contributed by atoms with van der Waals surface area (Å²) in [6.45, 7) is 0.655. The Hall–Kier alpha value is -3.71. The van der Waals surface area contributed by atoms with Crippen LogP contribution in [0.3, 0.4) is 0 Å². The van der Waals surface area contributed by atoms with Crippen LogP contribution in [0.4, 0.5) is 10.8 Å². The number of aromatic hydroxyl groups is 1. The predicted molar refractivity (Wildman–Crippen MR) is 118 cm³/mol. The third-order valence-electron chi connectivity index (χ3n) is 4.74. The molecule has 1 heterocycles. The molecule has 7 heteroatoms. The average molecular weight is 418 g/mol. The fourth-order valence-electron chi connectivity index (χ4n) is 3.28. The molecule has 1 aromatic heterocycles. The number of aromatic nitrogens is 1. The van der Waals surface area contributed by atoms with Crippen LogP contribution in [0.5, 0.6) is 5.88 Å². The highest BCUT2D eigenvalue weighted by Crippen LogP contribution is 2.38. The SMILES string of the molecule is CN(Cc1ccccc1)c1sc(-c2ccccc2)c(O)[n+]1-c1ccc([N+](=O)[O-])cc1. The van der Waals surface area contributed by atoms with Crippen LogP contribution in [0.1, 0.15) is 5.56 Å². The molecule has 0 aliphatic heterocycles. The lowest BCUT2D eigenvalue weighted by atomic mass is 10.2. The van der Waals surface area contributed by atoms with Crippen molar-refractivity contribution in [3.63, 3.8) is 0 Å². The highest BCUT2D eigenvalue weighted by atomic mass is 32.1. The number of anilines is 1. The van der Waals surface area contributed by atoms with E-state index in [1.807, 2.05) is 55.6 Å². The van der Waals surface area contributed by atoms with E-state index in [-0.39, 0.29) is 11.6 Å². The maximum Gasteiger partial charge on any atom is 0.344 e. The molecular formula is C23H20N3O3S+. The molecule has 0 amide bonds. The number of thiazole rings is 1. The summed E-state index contributed by atoms with van der Waals surface area (Å²) in [6.07, 6.45) is 0. The van der Waals surface area contributed by atoms with Crippen LogP contribution >= 0.6 is 11.3 Å². The summed E-state index contributed by atoms with van der Waals surface area (Å²) in [7, 11) is 1.97. The molecule has 0 radical (unpaired) electrons. The van der Waals surface area contributed by atoms with Gasteiger partial charge in [-0.1, -0.05) is 60.7 Å². The van der Waals surface area contributed by atoms with Crippen molar-refractivity contribution < 1.29 is 14.6 Å². The number of nitro groups is 1. The molecule has 6 nitrogen and oxygen atoms in total. The molecular weight excluding hydrogens is 398 g/mol. The molecule has 0 saturated heterocycles. The quantitative estimate of drug-likeness (QED) is 0.273. The summed E-state index contributed by atoms with van der Waals surface area (Å²) in [5, 5.41) is 23.0. The molecule has 0 atom stereocenters. The first kappa shape index (κ1) is 19.6. The van der Waals surface area contributed by atoms with E-state index in [0.29, 0.717) is 12.2 Å². The van der Waals surface area contributed by atoms with Gasteiger partial charge in [0.2, 0.25) is 0 Å². The Kier molecular flexibility index (Phi) is 5.45. The smallest absolute Gasteiger partial charge is 0.344 e. The Morgan fingerprint density at radius 2 is 1.57 bits per heavy atom. The van der Waals surface area contributed by atoms with Gasteiger partial charge in [-0.15, -0.1) is 0 Å². The average Bonchev–Trinajstić information content (AvgIpc) is 3.12. The molecule has 4 rings (SSSR count). The second kappa shape index (κ2) is 8.34. The van der Waals surface area contributed by atoms with Crippen molar-refractivity contribution >= 4 is 22.2 Å². The molecule has 0 aliphatic rings. The molecule has 0 saturated carbocycles. The summed E-state index contributed by atoms with van der Waals surface area (Å²) >= 11 is 1.48. The van der Waals surface area contributed by atoms with Crippen LogP contribution in [0.2, 0.25) is 0 Å². The van der Waals surface area contributed by atoms with Gasteiger partial charge in [-0.05, 0) is 34.6 Å². The van der Waals surface area contributed by atoms with E-state index in [1.165, 1.54) is 23.5 Å². The van der Waals surface area contributed by atoms with Gasteiger partial charge in [0, 0.05) is 12.1 Å². The van der Waals surface area contributed by atoms with Gasteiger partial charge in [0.15, 0.2) is 0 Å². The highest BCUT2D eigenvalue weighted by molar-refractivity contribution is 7.18. The van der Waals surface area contributed by atoms with E-state index in [2.05, 4.69) is 17.0 Å².